The second-order valence-corrected chi connectivity index (χ2v) is 8.17. The van der Waals surface area contributed by atoms with Crippen molar-refractivity contribution in [2.24, 2.45) is 0 Å². The highest BCUT2D eigenvalue weighted by Crippen LogP contribution is 2.26. The van der Waals surface area contributed by atoms with E-state index < -0.39 is 0 Å². The number of aromatic nitrogens is 2. The molecular weight excluding hydrogens is 372 g/mol. The van der Waals surface area contributed by atoms with Crippen molar-refractivity contribution < 1.29 is 9.59 Å². The highest BCUT2D eigenvalue weighted by atomic mass is 32.1. The maximum absolute atomic E-state index is 12.8. The lowest BCUT2D eigenvalue weighted by atomic mass is 10.1. The molecule has 5 rings (SSSR count). The molecular formula is C21H18N4O2S. The SMILES string of the molecule is Cc1nc2ccc(NC(=O)c3ccc4cc5n(c4c3)CCCNC5=O)cc2s1. The van der Waals surface area contributed by atoms with E-state index in [-0.39, 0.29) is 11.8 Å². The van der Waals surface area contributed by atoms with E-state index in [9.17, 15) is 9.59 Å². The first-order chi connectivity index (χ1) is 13.6. The number of fused-ring (bicyclic) bond motifs is 4. The number of amides is 2. The van der Waals surface area contributed by atoms with Gasteiger partial charge < -0.3 is 15.2 Å². The van der Waals surface area contributed by atoms with Gasteiger partial charge in [-0.05, 0) is 49.7 Å². The smallest absolute Gasteiger partial charge is 0.267 e. The zero-order chi connectivity index (χ0) is 19.3. The molecule has 0 atom stereocenters. The fraction of sp³-hybridized carbons (Fsp3) is 0.190. The quantitative estimate of drug-likeness (QED) is 0.544. The van der Waals surface area contributed by atoms with Crippen molar-refractivity contribution in [2.75, 3.05) is 11.9 Å². The predicted molar refractivity (Wildman–Crippen MR) is 111 cm³/mol. The van der Waals surface area contributed by atoms with Gasteiger partial charge in [0, 0.05) is 35.2 Å². The van der Waals surface area contributed by atoms with Gasteiger partial charge in [-0.25, -0.2) is 4.98 Å². The summed E-state index contributed by atoms with van der Waals surface area (Å²) >= 11 is 1.61. The van der Waals surface area contributed by atoms with E-state index in [1.807, 2.05) is 47.9 Å². The van der Waals surface area contributed by atoms with Gasteiger partial charge in [-0.3, -0.25) is 9.59 Å². The second kappa shape index (κ2) is 6.45. The molecule has 2 aromatic carbocycles. The lowest BCUT2D eigenvalue weighted by Gasteiger charge is -2.08. The maximum Gasteiger partial charge on any atom is 0.267 e. The molecule has 0 fully saturated rings. The molecule has 0 unspecified atom stereocenters. The molecule has 0 radical (unpaired) electrons. The van der Waals surface area contributed by atoms with E-state index in [1.54, 1.807) is 17.4 Å². The summed E-state index contributed by atoms with van der Waals surface area (Å²) < 4.78 is 3.05. The summed E-state index contributed by atoms with van der Waals surface area (Å²) in [6.45, 7) is 3.39. The molecule has 7 heteroatoms. The number of carbonyl (C=O) groups is 2. The van der Waals surface area contributed by atoms with Gasteiger partial charge in [-0.1, -0.05) is 6.07 Å². The first-order valence-corrected chi connectivity index (χ1v) is 10.0. The van der Waals surface area contributed by atoms with E-state index in [0.29, 0.717) is 17.8 Å². The Labute approximate surface area is 165 Å². The van der Waals surface area contributed by atoms with E-state index in [4.69, 9.17) is 0 Å². The van der Waals surface area contributed by atoms with Crippen molar-refractivity contribution in [3.8, 4) is 0 Å². The van der Waals surface area contributed by atoms with Crippen LogP contribution in [0, 0.1) is 6.92 Å². The number of hydrogen-bond donors (Lipinski definition) is 2. The molecule has 2 amide bonds. The number of thiazole rings is 1. The molecule has 0 aliphatic carbocycles. The maximum atomic E-state index is 12.8. The highest BCUT2D eigenvalue weighted by Gasteiger charge is 2.19. The van der Waals surface area contributed by atoms with Crippen LogP contribution in [-0.4, -0.2) is 27.9 Å². The van der Waals surface area contributed by atoms with Crippen LogP contribution in [-0.2, 0) is 6.54 Å². The summed E-state index contributed by atoms with van der Waals surface area (Å²) in [6, 6.07) is 13.2. The summed E-state index contributed by atoms with van der Waals surface area (Å²) in [4.78, 5) is 29.5. The zero-order valence-electron chi connectivity index (χ0n) is 15.3. The molecule has 140 valence electrons. The topological polar surface area (TPSA) is 76.0 Å². The number of anilines is 1. The van der Waals surface area contributed by atoms with Crippen molar-refractivity contribution in [2.45, 2.75) is 19.9 Å². The van der Waals surface area contributed by atoms with E-state index in [1.165, 1.54) is 0 Å². The summed E-state index contributed by atoms with van der Waals surface area (Å²) in [5.41, 5.74) is 3.81. The standard InChI is InChI=1S/C21H18N4O2S/c1-12-23-16-6-5-15(11-19(16)28-12)24-20(26)14-4-3-13-9-18-21(27)22-7-2-8-25(18)17(13)10-14/h3-6,9-11H,2,7-8H2,1H3,(H,22,27)(H,24,26). The Hall–Kier alpha value is -3.19. The number of aryl methyl sites for hydroxylation is 2. The molecule has 3 heterocycles. The molecule has 6 nitrogen and oxygen atoms in total. The minimum Gasteiger partial charge on any atom is -0.351 e. The Morgan fingerprint density at radius 1 is 1.21 bits per heavy atom. The van der Waals surface area contributed by atoms with Crippen LogP contribution in [0.4, 0.5) is 5.69 Å². The molecule has 1 aliphatic heterocycles. The van der Waals surface area contributed by atoms with Crippen LogP contribution >= 0.6 is 11.3 Å². The van der Waals surface area contributed by atoms with Gasteiger partial charge in [0.2, 0.25) is 0 Å². The summed E-state index contributed by atoms with van der Waals surface area (Å²) in [5, 5.41) is 7.84. The zero-order valence-corrected chi connectivity index (χ0v) is 16.1. The minimum absolute atomic E-state index is 0.0622. The third-order valence-electron chi connectivity index (χ3n) is 5.00. The Morgan fingerprint density at radius 3 is 3.00 bits per heavy atom. The fourth-order valence-electron chi connectivity index (χ4n) is 3.68. The number of hydrogen-bond acceptors (Lipinski definition) is 4. The van der Waals surface area contributed by atoms with Crippen molar-refractivity contribution in [1.82, 2.24) is 14.9 Å². The van der Waals surface area contributed by atoms with Gasteiger partial charge in [0.05, 0.1) is 15.2 Å². The van der Waals surface area contributed by atoms with E-state index >= 15 is 0 Å². The third kappa shape index (κ3) is 2.84. The molecule has 4 aromatic rings. The van der Waals surface area contributed by atoms with Crippen LogP contribution in [0.2, 0.25) is 0 Å². The number of benzene rings is 2. The van der Waals surface area contributed by atoms with E-state index in [2.05, 4.69) is 15.6 Å². The monoisotopic (exact) mass is 390 g/mol. The second-order valence-electron chi connectivity index (χ2n) is 6.93. The summed E-state index contributed by atoms with van der Waals surface area (Å²) in [6.07, 6.45) is 0.868. The van der Waals surface area contributed by atoms with Gasteiger partial charge in [-0.15, -0.1) is 11.3 Å². The van der Waals surface area contributed by atoms with Crippen LogP contribution in [0.3, 0.4) is 0 Å². The van der Waals surface area contributed by atoms with Crippen LogP contribution in [0.1, 0.15) is 32.3 Å². The van der Waals surface area contributed by atoms with Gasteiger partial charge in [0.15, 0.2) is 0 Å². The molecule has 0 saturated heterocycles. The lowest BCUT2D eigenvalue weighted by molar-refractivity contribution is 0.0950. The first kappa shape index (κ1) is 16.9. The van der Waals surface area contributed by atoms with Crippen molar-refractivity contribution in [3.63, 3.8) is 0 Å². The molecule has 1 aliphatic rings. The number of nitrogens with zero attached hydrogens (tertiary/aromatic N) is 2. The van der Waals surface area contributed by atoms with Gasteiger partial charge in [0.1, 0.15) is 5.69 Å². The Bertz CT molecular complexity index is 1250. The molecule has 0 bridgehead atoms. The van der Waals surface area contributed by atoms with Crippen LogP contribution in [0.5, 0.6) is 0 Å². The number of nitrogens with one attached hydrogen (secondary N) is 2. The molecule has 2 N–H and O–H groups in total. The number of carbonyl (C=O) groups excluding carboxylic acids is 2. The number of rotatable bonds is 2. The average Bonchev–Trinajstić information content (AvgIpc) is 3.18. The summed E-state index contributed by atoms with van der Waals surface area (Å²) in [5.74, 6) is -0.232. The third-order valence-corrected chi connectivity index (χ3v) is 5.93. The molecule has 0 saturated carbocycles. The van der Waals surface area contributed by atoms with Crippen LogP contribution in [0.25, 0.3) is 21.1 Å². The van der Waals surface area contributed by atoms with Crippen molar-refractivity contribution in [3.05, 3.63) is 58.7 Å². The molecule has 2 aromatic heterocycles. The first-order valence-electron chi connectivity index (χ1n) is 9.18. The largest absolute Gasteiger partial charge is 0.351 e. The predicted octanol–water partition coefficient (Wildman–Crippen LogP) is 3.95. The highest BCUT2D eigenvalue weighted by molar-refractivity contribution is 7.18. The van der Waals surface area contributed by atoms with Crippen LogP contribution in [0.15, 0.2) is 42.5 Å². The Morgan fingerprint density at radius 2 is 2.11 bits per heavy atom. The normalized spacial score (nSPS) is 14.0. The van der Waals surface area contributed by atoms with Crippen molar-refractivity contribution >= 4 is 50.0 Å². The molecule has 28 heavy (non-hydrogen) atoms. The Balaban J connectivity index is 1.48. The van der Waals surface area contributed by atoms with Gasteiger partial charge in [-0.2, -0.15) is 0 Å². The lowest BCUT2D eigenvalue weighted by Crippen LogP contribution is -2.22. The average molecular weight is 390 g/mol. The summed E-state index contributed by atoms with van der Waals surface area (Å²) in [7, 11) is 0. The minimum atomic E-state index is -0.170. The van der Waals surface area contributed by atoms with Crippen LogP contribution < -0.4 is 10.6 Å². The fourth-order valence-corrected chi connectivity index (χ4v) is 4.54. The van der Waals surface area contributed by atoms with Gasteiger partial charge >= 0.3 is 0 Å². The van der Waals surface area contributed by atoms with E-state index in [0.717, 1.165) is 44.8 Å². The molecule has 0 spiro atoms. The van der Waals surface area contributed by atoms with Crippen molar-refractivity contribution in [1.29, 1.82) is 0 Å². The van der Waals surface area contributed by atoms with Gasteiger partial charge in [0.25, 0.3) is 11.8 Å². The Kier molecular flexibility index (Phi) is 3.91.